The molecule has 0 unspecified atom stereocenters. The van der Waals surface area contributed by atoms with E-state index in [1.807, 2.05) is 26.8 Å². The fourth-order valence-corrected chi connectivity index (χ4v) is 4.16. The van der Waals surface area contributed by atoms with Crippen LogP contribution in [0.2, 0.25) is 0 Å². The van der Waals surface area contributed by atoms with Crippen LogP contribution in [0.15, 0.2) is 36.7 Å². The number of aromatic nitrogens is 3. The quantitative estimate of drug-likeness (QED) is 0.612. The van der Waals surface area contributed by atoms with Crippen LogP contribution in [-0.4, -0.2) is 51.9 Å². The number of hydrogen-bond donors (Lipinski definition) is 1. The highest BCUT2D eigenvalue weighted by Crippen LogP contribution is 2.28. The van der Waals surface area contributed by atoms with Gasteiger partial charge in [0.15, 0.2) is 11.4 Å². The number of nitrogens with zero attached hydrogens (tertiary/aromatic N) is 3. The number of hydrogen-bond acceptors (Lipinski definition) is 5. The normalized spacial score (nSPS) is 17.7. The number of Topliss-reactive ketones (excluding diaryl/α,β-unsaturated/α-hetero) is 1. The number of carbonyl (C=O) groups is 1. The maximum absolute atomic E-state index is 12.8. The zero-order valence-corrected chi connectivity index (χ0v) is 18.2. The van der Waals surface area contributed by atoms with E-state index in [-0.39, 0.29) is 5.78 Å². The van der Waals surface area contributed by atoms with Gasteiger partial charge in [-0.2, -0.15) is 0 Å². The lowest BCUT2D eigenvalue weighted by Crippen LogP contribution is -2.32. The Hall–Kier alpha value is -2.57. The summed E-state index contributed by atoms with van der Waals surface area (Å²) in [5.74, 6) is 0.0622. The van der Waals surface area contributed by atoms with Crippen molar-refractivity contribution >= 4 is 16.9 Å². The molecule has 3 heterocycles. The molecule has 1 fully saturated rings. The Morgan fingerprint density at radius 2 is 2.17 bits per heavy atom. The van der Waals surface area contributed by atoms with Gasteiger partial charge in [-0.3, -0.25) is 9.69 Å². The van der Waals surface area contributed by atoms with Gasteiger partial charge in [0.2, 0.25) is 0 Å². The molecule has 6 heteroatoms. The van der Waals surface area contributed by atoms with Crippen molar-refractivity contribution in [1.82, 2.24) is 19.9 Å². The summed E-state index contributed by atoms with van der Waals surface area (Å²) < 4.78 is 5.38. The molecule has 1 aliphatic heterocycles. The van der Waals surface area contributed by atoms with E-state index in [0.717, 1.165) is 31.0 Å². The van der Waals surface area contributed by atoms with Crippen molar-refractivity contribution in [3.05, 3.63) is 47.8 Å². The molecule has 0 bridgehead atoms. The average Bonchev–Trinajstić information content (AvgIpc) is 3.33. The van der Waals surface area contributed by atoms with Crippen molar-refractivity contribution in [3.8, 4) is 11.3 Å². The molecule has 6 nitrogen and oxygen atoms in total. The number of likely N-dealkylation sites (tertiary alicyclic amines) is 1. The SMILES string of the molecule is COC[C@H]1CCCN1Cc1cccc(-c2cnc3[nH]cc(C(=O)C(C)(C)C)c3n2)c1. The minimum absolute atomic E-state index is 0.0622. The molecule has 0 amide bonds. The van der Waals surface area contributed by atoms with Gasteiger partial charge >= 0.3 is 0 Å². The van der Waals surface area contributed by atoms with E-state index in [4.69, 9.17) is 9.72 Å². The van der Waals surface area contributed by atoms with Crippen molar-refractivity contribution in [1.29, 1.82) is 0 Å². The van der Waals surface area contributed by atoms with E-state index in [0.29, 0.717) is 22.8 Å². The van der Waals surface area contributed by atoms with Crippen LogP contribution in [0.5, 0.6) is 0 Å². The number of H-pyrrole nitrogens is 1. The van der Waals surface area contributed by atoms with E-state index in [2.05, 4.69) is 33.1 Å². The molecule has 30 heavy (non-hydrogen) atoms. The Morgan fingerprint density at radius 1 is 1.33 bits per heavy atom. The van der Waals surface area contributed by atoms with Crippen molar-refractivity contribution in [2.75, 3.05) is 20.3 Å². The summed E-state index contributed by atoms with van der Waals surface area (Å²) in [4.78, 5) is 27.7. The van der Waals surface area contributed by atoms with Crippen molar-refractivity contribution in [3.63, 3.8) is 0 Å². The average molecular weight is 407 g/mol. The maximum Gasteiger partial charge on any atom is 0.171 e. The Kier molecular flexibility index (Phi) is 5.71. The lowest BCUT2D eigenvalue weighted by molar-refractivity contribution is 0.0860. The number of rotatable bonds is 6. The molecule has 3 aromatic rings. The van der Waals surface area contributed by atoms with Crippen molar-refractivity contribution in [2.24, 2.45) is 5.41 Å². The van der Waals surface area contributed by atoms with Gasteiger partial charge < -0.3 is 9.72 Å². The summed E-state index contributed by atoms with van der Waals surface area (Å²) >= 11 is 0. The first-order valence-corrected chi connectivity index (χ1v) is 10.6. The zero-order valence-electron chi connectivity index (χ0n) is 18.2. The minimum Gasteiger partial charge on any atom is -0.383 e. The van der Waals surface area contributed by atoms with Gasteiger partial charge in [0, 0.05) is 36.9 Å². The number of nitrogens with one attached hydrogen (secondary N) is 1. The summed E-state index contributed by atoms with van der Waals surface area (Å²) in [5.41, 5.74) is 4.45. The van der Waals surface area contributed by atoms with Crippen LogP contribution in [0.3, 0.4) is 0 Å². The second kappa shape index (κ2) is 8.28. The van der Waals surface area contributed by atoms with Gasteiger partial charge in [-0.25, -0.2) is 9.97 Å². The second-order valence-electron chi connectivity index (χ2n) is 9.16. The molecule has 0 saturated carbocycles. The molecule has 158 valence electrons. The molecule has 1 N–H and O–H groups in total. The molecule has 0 radical (unpaired) electrons. The van der Waals surface area contributed by atoms with Gasteiger partial charge in [-0.15, -0.1) is 0 Å². The Morgan fingerprint density at radius 3 is 2.93 bits per heavy atom. The van der Waals surface area contributed by atoms with E-state index < -0.39 is 5.41 Å². The molecule has 1 saturated heterocycles. The highest BCUT2D eigenvalue weighted by molar-refractivity contribution is 6.08. The number of methoxy groups -OCH3 is 1. The minimum atomic E-state index is -0.471. The topological polar surface area (TPSA) is 71.1 Å². The maximum atomic E-state index is 12.8. The third-order valence-electron chi connectivity index (χ3n) is 5.77. The van der Waals surface area contributed by atoms with Crippen LogP contribution >= 0.6 is 0 Å². The lowest BCUT2D eigenvalue weighted by atomic mass is 9.87. The first kappa shape index (κ1) is 20.7. The highest BCUT2D eigenvalue weighted by atomic mass is 16.5. The second-order valence-corrected chi connectivity index (χ2v) is 9.16. The van der Waals surface area contributed by atoms with Crippen LogP contribution in [-0.2, 0) is 11.3 Å². The van der Waals surface area contributed by atoms with E-state index in [9.17, 15) is 4.79 Å². The van der Waals surface area contributed by atoms with E-state index in [1.54, 1.807) is 19.5 Å². The number of ketones is 1. The smallest absolute Gasteiger partial charge is 0.171 e. The largest absolute Gasteiger partial charge is 0.383 e. The summed E-state index contributed by atoms with van der Waals surface area (Å²) in [6.45, 7) is 8.54. The lowest BCUT2D eigenvalue weighted by Gasteiger charge is -2.24. The van der Waals surface area contributed by atoms with Gasteiger partial charge in [-0.1, -0.05) is 39.0 Å². The van der Waals surface area contributed by atoms with Crippen molar-refractivity contribution in [2.45, 2.75) is 46.2 Å². The third-order valence-corrected chi connectivity index (χ3v) is 5.77. The van der Waals surface area contributed by atoms with Gasteiger partial charge in [0.05, 0.1) is 24.1 Å². The molecule has 2 aromatic heterocycles. The van der Waals surface area contributed by atoms with Crippen LogP contribution in [0, 0.1) is 5.41 Å². The van der Waals surface area contributed by atoms with E-state index in [1.165, 1.54) is 18.4 Å². The fraction of sp³-hybridized carbons (Fsp3) is 0.458. The van der Waals surface area contributed by atoms with Crippen LogP contribution < -0.4 is 0 Å². The van der Waals surface area contributed by atoms with Crippen molar-refractivity contribution < 1.29 is 9.53 Å². The molecule has 0 spiro atoms. The number of aromatic amines is 1. The number of fused-ring (bicyclic) bond motifs is 1. The number of ether oxygens (including phenoxy) is 1. The predicted octanol–water partition coefficient (Wildman–Crippen LogP) is 4.46. The zero-order chi connectivity index (χ0) is 21.3. The Balaban J connectivity index is 1.63. The molecule has 4 rings (SSSR count). The number of carbonyl (C=O) groups excluding carboxylic acids is 1. The highest BCUT2D eigenvalue weighted by Gasteiger charge is 2.27. The van der Waals surface area contributed by atoms with Gasteiger partial charge in [0.1, 0.15) is 5.52 Å². The summed E-state index contributed by atoms with van der Waals surface area (Å²) in [6.07, 6.45) is 5.90. The monoisotopic (exact) mass is 406 g/mol. The summed E-state index contributed by atoms with van der Waals surface area (Å²) in [5, 5.41) is 0. The molecule has 1 atom stereocenters. The van der Waals surface area contributed by atoms with Crippen LogP contribution in [0.25, 0.3) is 22.4 Å². The third kappa shape index (κ3) is 4.16. The Bertz CT molecular complexity index is 1050. The van der Waals surface area contributed by atoms with Gasteiger partial charge in [-0.05, 0) is 31.0 Å². The molecular formula is C24H30N4O2. The first-order chi connectivity index (χ1) is 14.4. The Labute approximate surface area is 177 Å². The summed E-state index contributed by atoms with van der Waals surface area (Å²) in [7, 11) is 1.77. The molecule has 0 aliphatic carbocycles. The molecular weight excluding hydrogens is 376 g/mol. The van der Waals surface area contributed by atoms with Crippen LogP contribution in [0.1, 0.15) is 49.5 Å². The predicted molar refractivity (Wildman–Crippen MR) is 118 cm³/mol. The fourth-order valence-electron chi connectivity index (χ4n) is 4.16. The van der Waals surface area contributed by atoms with E-state index >= 15 is 0 Å². The van der Waals surface area contributed by atoms with Gasteiger partial charge in [0.25, 0.3) is 0 Å². The van der Waals surface area contributed by atoms with Crippen LogP contribution in [0.4, 0.5) is 0 Å². The number of benzene rings is 1. The summed E-state index contributed by atoms with van der Waals surface area (Å²) in [6, 6.07) is 8.93. The molecule has 1 aliphatic rings. The molecule has 1 aromatic carbocycles. The standard InChI is InChI=1S/C24H30N4O2/c1-24(2,3)22(29)19-12-25-23-21(19)27-20(13-26-23)17-8-5-7-16(11-17)14-28-10-6-9-18(28)15-30-4/h5,7-8,11-13,18H,6,9-10,14-15H2,1-4H3,(H,25,26)/t18-/m1/s1. The first-order valence-electron chi connectivity index (χ1n) is 10.6.